The van der Waals surface area contributed by atoms with Crippen molar-refractivity contribution in [1.82, 2.24) is 16.0 Å². The molecule has 0 aromatic heterocycles. The molecule has 0 rings (SSSR count). The van der Waals surface area contributed by atoms with E-state index >= 15 is 0 Å². The van der Waals surface area contributed by atoms with Gasteiger partial charge in [-0.1, -0.05) is 32.6 Å². The lowest BCUT2D eigenvalue weighted by Gasteiger charge is -2.18. The Labute approximate surface area is 153 Å². The van der Waals surface area contributed by atoms with Crippen LogP contribution >= 0.6 is 24.0 Å². The van der Waals surface area contributed by atoms with Crippen LogP contribution in [0.5, 0.6) is 0 Å². The Kier molecular flexibility index (Phi) is 16.6. The van der Waals surface area contributed by atoms with E-state index in [0.717, 1.165) is 12.4 Å². The van der Waals surface area contributed by atoms with Gasteiger partial charge in [-0.2, -0.15) is 0 Å². The first-order valence-electron chi connectivity index (χ1n) is 8.26. The van der Waals surface area contributed by atoms with Gasteiger partial charge >= 0.3 is 0 Å². The van der Waals surface area contributed by atoms with Crippen molar-refractivity contribution in [3.05, 3.63) is 0 Å². The van der Waals surface area contributed by atoms with Crippen LogP contribution in [0.3, 0.4) is 0 Å². The van der Waals surface area contributed by atoms with E-state index in [0.29, 0.717) is 19.0 Å². The highest BCUT2D eigenvalue weighted by atomic mass is 127. The Morgan fingerprint density at radius 3 is 2.32 bits per heavy atom. The van der Waals surface area contributed by atoms with Crippen LogP contribution < -0.4 is 16.0 Å². The fraction of sp³-hybridized carbons (Fsp3) is 0.875. The molecule has 1 atom stereocenters. The first kappa shape index (κ1) is 23.7. The molecule has 0 bridgehead atoms. The minimum atomic E-state index is 0. The Balaban J connectivity index is 0. The molecule has 3 N–H and O–H groups in total. The predicted molar refractivity (Wildman–Crippen MR) is 106 cm³/mol. The molecule has 5 nitrogen and oxygen atoms in total. The quantitative estimate of drug-likeness (QED) is 0.218. The third-order valence-corrected chi connectivity index (χ3v) is 3.19. The number of carbonyl (C=O) groups excluding carboxylic acids is 1. The van der Waals surface area contributed by atoms with Crippen LogP contribution in [0.1, 0.15) is 66.2 Å². The van der Waals surface area contributed by atoms with Gasteiger partial charge < -0.3 is 16.0 Å². The lowest BCUT2D eigenvalue weighted by atomic mass is 10.1. The molecule has 1 amide bonds. The minimum Gasteiger partial charge on any atom is -0.356 e. The van der Waals surface area contributed by atoms with E-state index in [-0.39, 0.29) is 35.9 Å². The normalized spacial score (nSPS) is 12.5. The number of nitrogens with one attached hydrogen (secondary N) is 3. The summed E-state index contributed by atoms with van der Waals surface area (Å²) in [6, 6.07) is 0.593. The molecule has 0 aromatic rings. The van der Waals surface area contributed by atoms with Crippen molar-refractivity contribution in [3.63, 3.8) is 0 Å². The smallest absolute Gasteiger partial charge is 0.221 e. The molecule has 0 spiro atoms. The molecule has 0 saturated carbocycles. The molecule has 6 heteroatoms. The van der Waals surface area contributed by atoms with Crippen molar-refractivity contribution in [3.8, 4) is 0 Å². The summed E-state index contributed by atoms with van der Waals surface area (Å²) in [4.78, 5) is 15.7. The number of carbonyl (C=O) groups is 1. The van der Waals surface area contributed by atoms with Crippen molar-refractivity contribution in [2.45, 2.75) is 78.3 Å². The maximum absolute atomic E-state index is 11.5. The van der Waals surface area contributed by atoms with Gasteiger partial charge in [0.2, 0.25) is 5.91 Å². The molecule has 0 heterocycles. The number of guanidine groups is 1. The zero-order chi connectivity index (χ0) is 16.1. The standard InChI is InChI=1S/C16H34N4O.HI/c1-6-7-8-9-10-14(4)20-16(17-5)18-12-11-15(21)19-13(2)3;/h13-14H,6-12H2,1-5H3,(H,19,21)(H2,17,18,20);1H. The van der Waals surface area contributed by atoms with Crippen LogP contribution in [0, 0.1) is 0 Å². The molecule has 0 aliphatic carbocycles. The Hall–Kier alpha value is -0.530. The first-order chi connectivity index (χ1) is 9.99. The van der Waals surface area contributed by atoms with Gasteiger partial charge in [-0.05, 0) is 27.2 Å². The fourth-order valence-corrected chi connectivity index (χ4v) is 2.07. The van der Waals surface area contributed by atoms with Gasteiger partial charge in [0.15, 0.2) is 5.96 Å². The van der Waals surface area contributed by atoms with Crippen molar-refractivity contribution >= 4 is 35.8 Å². The predicted octanol–water partition coefficient (Wildman–Crippen LogP) is 3.04. The molecule has 0 fully saturated rings. The molecular weight excluding hydrogens is 391 g/mol. The van der Waals surface area contributed by atoms with Crippen LogP contribution in [0.2, 0.25) is 0 Å². The molecule has 0 aromatic carbocycles. The van der Waals surface area contributed by atoms with E-state index in [9.17, 15) is 4.79 Å². The molecule has 1 unspecified atom stereocenters. The first-order valence-corrected chi connectivity index (χ1v) is 8.26. The van der Waals surface area contributed by atoms with Crippen LogP contribution in [-0.4, -0.2) is 37.5 Å². The van der Waals surface area contributed by atoms with E-state index in [4.69, 9.17) is 0 Å². The highest BCUT2D eigenvalue weighted by Gasteiger charge is 2.06. The summed E-state index contributed by atoms with van der Waals surface area (Å²) in [6.07, 6.45) is 6.73. The molecule has 0 saturated heterocycles. The fourth-order valence-electron chi connectivity index (χ4n) is 2.07. The van der Waals surface area contributed by atoms with Gasteiger partial charge in [0, 0.05) is 32.1 Å². The number of hydrogen-bond donors (Lipinski definition) is 3. The Bertz CT molecular complexity index is 309. The average molecular weight is 426 g/mol. The highest BCUT2D eigenvalue weighted by molar-refractivity contribution is 14.0. The SMILES string of the molecule is CCCCCCC(C)NC(=NC)NCCC(=O)NC(C)C.I. The van der Waals surface area contributed by atoms with Gasteiger partial charge in [0.05, 0.1) is 0 Å². The third kappa shape index (κ3) is 14.4. The van der Waals surface area contributed by atoms with Crippen molar-refractivity contribution in [1.29, 1.82) is 0 Å². The van der Waals surface area contributed by atoms with Gasteiger partial charge in [-0.25, -0.2) is 0 Å². The molecular formula is C16H35IN4O. The Morgan fingerprint density at radius 1 is 1.09 bits per heavy atom. The molecule has 0 radical (unpaired) electrons. The van der Waals surface area contributed by atoms with E-state index in [1.807, 2.05) is 13.8 Å². The van der Waals surface area contributed by atoms with Gasteiger partial charge in [-0.3, -0.25) is 9.79 Å². The molecule has 22 heavy (non-hydrogen) atoms. The van der Waals surface area contributed by atoms with E-state index in [1.165, 1.54) is 25.7 Å². The number of nitrogens with zero attached hydrogens (tertiary/aromatic N) is 1. The topological polar surface area (TPSA) is 65.5 Å². The van der Waals surface area contributed by atoms with Gasteiger partial charge in [0.1, 0.15) is 0 Å². The highest BCUT2D eigenvalue weighted by Crippen LogP contribution is 2.04. The third-order valence-electron chi connectivity index (χ3n) is 3.19. The second-order valence-corrected chi connectivity index (χ2v) is 5.87. The summed E-state index contributed by atoms with van der Waals surface area (Å²) in [7, 11) is 1.76. The van der Waals surface area contributed by atoms with E-state index < -0.39 is 0 Å². The lowest BCUT2D eigenvalue weighted by Crippen LogP contribution is -2.43. The lowest BCUT2D eigenvalue weighted by molar-refractivity contribution is -0.121. The molecule has 0 aliphatic rings. The van der Waals surface area contributed by atoms with Crippen LogP contribution in [0.4, 0.5) is 0 Å². The molecule has 0 aliphatic heterocycles. The number of amides is 1. The van der Waals surface area contributed by atoms with E-state index in [2.05, 4.69) is 34.8 Å². The van der Waals surface area contributed by atoms with E-state index in [1.54, 1.807) is 7.05 Å². The zero-order valence-corrected chi connectivity index (χ0v) is 17.2. The second-order valence-electron chi connectivity index (χ2n) is 5.87. The number of unbranched alkanes of at least 4 members (excludes halogenated alkanes) is 3. The Morgan fingerprint density at radius 2 is 1.77 bits per heavy atom. The summed E-state index contributed by atoms with van der Waals surface area (Å²) in [5.41, 5.74) is 0. The maximum atomic E-state index is 11.5. The number of hydrogen-bond acceptors (Lipinski definition) is 2. The van der Waals surface area contributed by atoms with Crippen molar-refractivity contribution in [2.24, 2.45) is 4.99 Å². The van der Waals surface area contributed by atoms with Gasteiger partial charge in [0.25, 0.3) is 0 Å². The second kappa shape index (κ2) is 15.4. The largest absolute Gasteiger partial charge is 0.356 e. The summed E-state index contributed by atoms with van der Waals surface area (Å²) >= 11 is 0. The summed E-state index contributed by atoms with van der Waals surface area (Å²) in [5, 5.41) is 9.43. The number of aliphatic imine (C=N–C) groups is 1. The minimum absolute atomic E-state index is 0. The number of halogens is 1. The maximum Gasteiger partial charge on any atom is 0.221 e. The van der Waals surface area contributed by atoms with Crippen LogP contribution in [-0.2, 0) is 4.79 Å². The monoisotopic (exact) mass is 426 g/mol. The summed E-state index contributed by atoms with van der Waals surface area (Å²) in [5.74, 6) is 0.843. The van der Waals surface area contributed by atoms with Crippen LogP contribution in [0.25, 0.3) is 0 Å². The summed E-state index contributed by atoms with van der Waals surface area (Å²) in [6.45, 7) is 8.92. The molecule has 132 valence electrons. The van der Waals surface area contributed by atoms with Gasteiger partial charge in [-0.15, -0.1) is 24.0 Å². The summed E-state index contributed by atoms with van der Waals surface area (Å²) < 4.78 is 0. The number of rotatable bonds is 10. The van der Waals surface area contributed by atoms with Crippen LogP contribution in [0.15, 0.2) is 4.99 Å². The average Bonchev–Trinajstić information content (AvgIpc) is 2.41. The van der Waals surface area contributed by atoms with Crippen molar-refractivity contribution in [2.75, 3.05) is 13.6 Å². The van der Waals surface area contributed by atoms with Crippen molar-refractivity contribution < 1.29 is 4.79 Å². The zero-order valence-electron chi connectivity index (χ0n) is 14.9.